The number of nitrogens with one attached hydrogen (secondary N) is 1. The van der Waals surface area contributed by atoms with E-state index in [1.165, 1.54) is 0 Å². The molecule has 0 atom stereocenters. The number of benzene rings is 1. The fourth-order valence-corrected chi connectivity index (χ4v) is 2.57. The lowest BCUT2D eigenvalue weighted by Crippen LogP contribution is -2.46. The van der Waals surface area contributed by atoms with Crippen molar-refractivity contribution in [1.29, 1.82) is 0 Å². The number of halogens is 1. The van der Waals surface area contributed by atoms with E-state index in [0.29, 0.717) is 31.0 Å². The molecule has 0 unspecified atom stereocenters. The summed E-state index contributed by atoms with van der Waals surface area (Å²) in [5.74, 6) is -1.66. The van der Waals surface area contributed by atoms with Crippen molar-refractivity contribution in [2.24, 2.45) is 0 Å². The zero-order chi connectivity index (χ0) is 17.5. The highest BCUT2D eigenvalue weighted by Crippen LogP contribution is 2.14. The predicted octanol–water partition coefficient (Wildman–Crippen LogP) is 2.03. The minimum absolute atomic E-state index is 0.114. The highest BCUT2D eigenvalue weighted by atomic mass is 35.5. The summed E-state index contributed by atoms with van der Waals surface area (Å²) in [6.07, 6.45) is 0.201. The maximum Gasteiger partial charge on any atom is 0.410 e. The minimum atomic E-state index is -1.16. The molecule has 0 aliphatic carbocycles. The summed E-state index contributed by atoms with van der Waals surface area (Å²) in [5, 5.41) is 11.8. The molecule has 1 aromatic carbocycles. The zero-order valence-corrected chi connectivity index (χ0v) is 13.8. The lowest BCUT2D eigenvalue weighted by atomic mass is 10.1. The first-order valence-corrected chi connectivity index (χ1v) is 7.99. The number of carboxylic acid groups (broad SMARTS) is 1. The van der Waals surface area contributed by atoms with Crippen LogP contribution in [0.2, 0.25) is 5.02 Å². The van der Waals surface area contributed by atoms with Gasteiger partial charge >= 0.3 is 12.1 Å². The summed E-state index contributed by atoms with van der Waals surface area (Å²) in [7, 11) is 0. The van der Waals surface area contributed by atoms with E-state index in [-0.39, 0.29) is 12.6 Å². The summed E-state index contributed by atoms with van der Waals surface area (Å²) >= 11 is 5.80. The van der Waals surface area contributed by atoms with Crippen LogP contribution in [0.3, 0.4) is 0 Å². The van der Waals surface area contributed by atoms with E-state index < -0.39 is 24.4 Å². The third-order valence-corrected chi connectivity index (χ3v) is 3.96. The number of amides is 2. The van der Waals surface area contributed by atoms with Crippen molar-refractivity contribution in [1.82, 2.24) is 10.2 Å². The van der Waals surface area contributed by atoms with E-state index in [0.717, 1.165) is 5.56 Å². The molecule has 7 nitrogen and oxygen atoms in total. The maximum absolute atomic E-state index is 12.0. The Bertz CT molecular complexity index is 597. The average Bonchev–Trinajstić information content (AvgIpc) is 2.54. The second-order valence-electron chi connectivity index (χ2n) is 5.58. The summed E-state index contributed by atoms with van der Waals surface area (Å²) in [5.41, 5.74) is 0.851. The monoisotopic (exact) mass is 354 g/mol. The predicted molar refractivity (Wildman–Crippen MR) is 86.6 cm³/mol. The topological polar surface area (TPSA) is 95.9 Å². The third kappa shape index (κ3) is 5.73. The molecule has 0 radical (unpaired) electrons. The Morgan fingerprint density at radius 2 is 1.83 bits per heavy atom. The molecule has 0 spiro atoms. The van der Waals surface area contributed by atoms with Crippen molar-refractivity contribution < 1.29 is 24.2 Å². The standard InChI is InChI=1S/C16H19ClN2O5/c17-12-3-1-11(2-4-12)10-24-16(23)19-7-5-13(6-8-19)18-14(20)9-15(21)22/h1-4,13H,5-10H2,(H,18,20)(H,21,22). The normalized spacial score (nSPS) is 15.0. The number of ether oxygens (including phenoxy) is 1. The molecule has 2 rings (SSSR count). The summed E-state index contributed by atoms with van der Waals surface area (Å²) in [6, 6.07) is 6.93. The number of likely N-dealkylation sites (tertiary alicyclic amines) is 1. The first-order valence-electron chi connectivity index (χ1n) is 7.61. The second kappa shape index (κ2) is 8.54. The first-order chi connectivity index (χ1) is 11.4. The second-order valence-corrected chi connectivity index (χ2v) is 6.02. The van der Waals surface area contributed by atoms with Gasteiger partial charge < -0.3 is 20.1 Å². The highest BCUT2D eigenvalue weighted by molar-refractivity contribution is 6.30. The molecule has 1 aliphatic rings. The SMILES string of the molecule is O=C(O)CC(=O)NC1CCN(C(=O)OCc2ccc(Cl)cc2)CC1. The van der Waals surface area contributed by atoms with Crippen LogP contribution in [0.15, 0.2) is 24.3 Å². The number of aliphatic carboxylic acids is 1. The number of piperidine rings is 1. The van der Waals surface area contributed by atoms with Gasteiger partial charge in [-0.2, -0.15) is 0 Å². The average molecular weight is 355 g/mol. The summed E-state index contributed by atoms with van der Waals surface area (Å²) in [6.45, 7) is 1.08. The van der Waals surface area contributed by atoms with Crippen molar-refractivity contribution in [2.75, 3.05) is 13.1 Å². The van der Waals surface area contributed by atoms with Gasteiger partial charge in [0.1, 0.15) is 13.0 Å². The molecule has 0 saturated carbocycles. The molecule has 8 heteroatoms. The fraction of sp³-hybridized carbons (Fsp3) is 0.438. The van der Waals surface area contributed by atoms with Crippen molar-refractivity contribution >= 4 is 29.6 Å². The lowest BCUT2D eigenvalue weighted by Gasteiger charge is -2.31. The molecule has 2 N–H and O–H groups in total. The van der Waals surface area contributed by atoms with Crippen LogP contribution in [-0.4, -0.2) is 47.1 Å². The number of carbonyl (C=O) groups excluding carboxylic acids is 2. The van der Waals surface area contributed by atoms with Crippen LogP contribution in [0.1, 0.15) is 24.8 Å². The van der Waals surface area contributed by atoms with Crippen molar-refractivity contribution in [3.8, 4) is 0 Å². The van der Waals surface area contributed by atoms with E-state index in [1.807, 2.05) is 0 Å². The number of hydrogen-bond donors (Lipinski definition) is 2. The van der Waals surface area contributed by atoms with Gasteiger partial charge in [0, 0.05) is 24.2 Å². The molecule has 2 amide bonds. The van der Waals surface area contributed by atoms with E-state index in [2.05, 4.69) is 5.32 Å². The first kappa shape index (κ1) is 18.1. The molecular weight excluding hydrogens is 336 g/mol. The van der Waals surface area contributed by atoms with Gasteiger partial charge in [-0.25, -0.2) is 4.79 Å². The van der Waals surface area contributed by atoms with E-state index in [1.54, 1.807) is 29.2 Å². The van der Waals surface area contributed by atoms with Gasteiger partial charge in [0.25, 0.3) is 0 Å². The van der Waals surface area contributed by atoms with Gasteiger partial charge in [-0.05, 0) is 30.5 Å². The quantitative estimate of drug-likeness (QED) is 0.789. The molecule has 130 valence electrons. The van der Waals surface area contributed by atoms with Crippen molar-refractivity contribution in [3.63, 3.8) is 0 Å². The number of rotatable bonds is 5. The number of carboxylic acids is 1. The van der Waals surface area contributed by atoms with Crippen LogP contribution >= 0.6 is 11.6 Å². The van der Waals surface area contributed by atoms with Crippen LogP contribution in [0, 0.1) is 0 Å². The molecule has 1 saturated heterocycles. The van der Waals surface area contributed by atoms with Gasteiger partial charge in [-0.1, -0.05) is 23.7 Å². The highest BCUT2D eigenvalue weighted by Gasteiger charge is 2.25. The minimum Gasteiger partial charge on any atom is -0.481 e. The van der Waals surface area contributed by atoms with Gasteiger partial charge in [0.2, 0.25) is 5.91 Å². The summed E-state index contributed by atoms with van der Waals surface area (Å²) < 4.78 is 5.26. The molecule has 1 fully saturated rings. The van der Waals surface area contributed by atoms with Crippen molar-refractivity contribution in [2.45, 2.75) is 31.9 Å². The number of hydrogen-bond acceptors (Lipinski definition) is 4. The summed E-state index contributed by atoms with van der Waals surface area (Å²) in [4.78, 5) is 35.5. The molecule has 24 heavy (non-hydrogen) atoms. The zero-order valence-electron chi connectivity index (χ0n) is 13.0. The van der Waals surface area contributed by atoms with Crippen LogP contribution in [0.4, 0.5) is 4.79 Å². The van der Waals surface area contributed by atoms with Gasteiger partial charge in [0.05, 0.1) is 0 Å². The smallest absolute Gasteiger partial charge is 0.410 e. The number of nitrogens with zero attached hydrogens (tertiary/aromatic N) is 1. The Morgan fingerprint density at radius 3 is 2.42 bits per heavy atom. The van der Waals surface area contributed by atoms with E-state index in [9.17, 15) is 14.4 Å². The molecule has 1 aliphatic heterocycles. The Kier molecular flexibility index (Phi) is 6.43. The van der Waals surface area contributed by atoms with E-state index in [4.69, 9.17) is 21.4 Å². The van der Waals surface area contributed by atoms with Gasteiger partial charge in [-0.3, -0.25) is 9.59 Å². The Hall–Kier alpha value is -2.28. The van der Waals surface area contributed by atoms with E-state index >= 15 is 0 Å². The maximum atomic E-state index is 12.0. The molecule has 0 bridgehead atoms. The molecule has 0 aromatic heterocycles. The van der Waals surface area contributed by atoms with Crippen LogP contribution < -0.4 is 5.32 Å². The molecular formula is C16H19ClN2O5. The number of carbonyl (C=O) groups is 3. The van der Waals surface area contributed by atoms with Crippen LogP contribution in [0.5, 0.6) is 0 Å². The lowest BCUT2D eigenvalue weighted by molar-refractivity contribution is -0.140. The van der Waals surface area contributed by atoms with Crippen LogP contribution in [-0.2, 0) is 20.9 Å². The van der Waals surface area contributed by atoms with Gasteiger partial charge in [-0.15, -0.1) is 0 Å². The third-order valence-electron chi connectivity index (χ3n) is 3.71. The molecule has 1 heterocycles. The largest absolute Gasteiger partial charge is 0.481 e. The molecule has 1 aromatic rings. The fourth-order valence-electron chi connectivity index (χ4n) is 2.44. The Morgan fingerprint density at radius 1 is 1.21 bits per heavy atom. The van der Waals surface area contributed by atoms with Crippen molar-refractivity contribution in [3.05, 3.63) is 34.9 Å². The van der Waals surface area contributed by atoms with Crippen LogP contribution in [0.25, 0.3) is 0 Å². The Labute approximate surface area is 144 Å². The Balaban J connectivity index is 1.71. The van der Waals surface area contributed by atoms with Gasteiger partial charge in [0.15, 0.2) is 0 Å².